The summed E-state index contributed by atoms with van der Waals surface area (Å²) in [7, 11) is 0. The number of hydrogen-bond acceptors (Lipinski definition) is 3. The summed E-state index contributed by atoms with van der Waals surface area (Å²) in [4.78, 5) is 28.3. The first kappa shape index (κ1) is 24.7. The Morgan fingerprint density at radius 1 is 1.14 bits per heavy atom. The number of amides is 3. The molecule has 0 spiro atoms. The lowest BCUT2D eigenvalue weighted by molar-refractivity contribution is 0.0137. The van der Waals surface area contributed by atoms with Crippen molar-refractivity contribution in [3.63, 3.8) is 0 Å². The number of carbonyl (C=O) groups is 2. The van der Waals surface area contributed by atoms with Crippen LogP contribution in [0, 0.1) is 18.3 Å². The summed E-state index contributed by atoms with van der Waals surface area (Å²) < 4.78 is 27.0. The van der Waals surface area contributed by atoms with E-state index in [1.807, 2.05) is 19.1 Å². The number of aryl methyl sites for hydroxylation is 1. The molecule has 0 saturated carbocycles. The molecule has 2 heterocycles. The van der Waals surface area contributed by atoms with E-state index in [-0.39, 0.29) is 24.9 Å². The Hall–Kier alpha value is -3.44. The van der Waals surface area contributed by atoms with Gasteiger partial charge in [0.05, 0.1) is 23.9 Å². The molecule has 0 aromatic heterocycles. The number of hydrogen-bond donors (Lipinski definition) is 1. The molecule has 182 valence electrons. The number of anilines is 1. The number of likely N-dealkylation sites (tertiary alicyclic amines) is 2. The summed E-state index contributed by atoms with van der Waals surface area (Å²) in [5.74, 6) is -3.15. The van der Waals surface area contributed by atoms with Crippen LogP contribution < -0.4 is 5.32 Å². The molecule has 35 heavy (non-hydrogen) atoms. The topological polar surface area (TPSA) is 76.4 Å². The van der Waals surface area contributed by atoms with Gasteiger partial charge < -0.3 is 15.1 Å². The van der Waals surface area contributed by atoms with Gasteiger partial charge in [-0.3, -0.25) is 4.79 Å². The van der Waals surface area contributed by atoms with Gasteiger partial charge in [-0.1, -0.05) is 29.3 Å². The number of halogens is 3. The smallest absolute Gasteiger partial charge is 0.320 e. The zero-order valence-electron chi connectivity index (χ0n) is 19.3. The minimum absolute atomic E-state index is 0.0765. The summed E-state index contributed by atoms with van der Waals surface area (Å²) in [6.07, 6.45) is 2.87. The van der Waals surface area contributed by atoms with E-state index in [0.717, 1.165) is 16.7 Å². The van der Waals surface area contributed by atoms with Crippen molar-refractivity contribution in [1.82, 2.24) is 9.80 Å². The minimum atomic E-state index is -2.81. The van der Waals surface area contributed by atoms with E-state index in [9.17, 15) is 18.4 Å². The van der Waals surface area contributed by atoms with Crippen LogP contribution in [0.3, 0.4) is 0 Å². The number of nitrogens with one attached hydrogen (secondary N) is 1. The quantitative estimate of drug-likeness (QED) is 0.588. The third-order valence-electron chi connectivity index (χ3n) is 6.30. The summed E-state index contributed by atoms with van der Waals surface area (Å²) in [5, 5.41) is 12.6. The van der Waals surface area contributed by atoms with Gasteiger partial charge in [0.1, 0.15) is 0 Å². The number of nitrogens with zero attached hydrogens (tertiary/aromatic N) is 3. The fourth-order valence-electron chi connectivity index (χ4n) is 4.42. The van der Waals surface area contributed by atoms with Crippen molar-refractivity contribution in [2.75, 3.05) is 31.5 Å². The van der Waals surface area contributed by atoms with E-state index >= 15 is 0 Å². The van der Waals surface area contributed by atoms with Crippen LogP contribution in [-0.2, 0) is 0 Å². The molecule has 2 saturated heterocycles. The number of rotatable bonds is 3. The second-order valence-corrected chi connectivity index (χ2v) is 9.37. The number of alkyl halides is 2. The van der Waals surface area contributed by atoms with Crippen molar-refractivity contribution in [2.24, 2.45) is 0 Å². The molecule has 2 fully saturated rings. The molecule has 0 bridgehead atoms. The Balaban J connectivity index is 1.48. The normalized spacial score (nSPS) is 17.2. The average Bonchev–Trinajstić information content (AvgIpc) is 3.20. The Kier molecular flexibility index (Phi) is 7.08. The molecule has 4 rings (SSSR count). The van der Waals surface area contributed by atoms with Gasteiger partial charge in [-0.2, -0.15) is 5.26 Å². The highest BCUT2D eigenvalue weighted by Gasteiger charge is 2.41. The Morgan fingerprint density at radius 3 is 2.54 bits per heavy atom. The first-order chi connectivity index (χ1) is 16.6. The van der Waals surface area contributed by atoms with Crippen molar-refractivity contribution >= 4 is 35.3 Å². The SMILES string of the molecule is Cc1cc(Cl)cc(C=C2CCN(C(=O)N3CCC(F)(F)C3)CC2)c1NC(=O)c1cccc(C#N)c1. The van der Waals surface area contributed by atoms with Gasteiger partial charge in [0, 0.05) is 36.6 Å². The van der Waals surface area contributed by atoms with Crippen LogP contribution in [0.25, 0.3) is 6.08 Å². The van der Waals surface area contributed by atoms with Crippen LogP contribution in [-0.4, -0.2) is 53.8 Å². The van der Waals surface area contributed by atoms with Gasteiger partial charge in [0.15, 0.2) is 0 Å². The Morgan fingerprint density at radius 2 is 1.89 bits per heavy atom. The lowest BCUT2D eigenvalue weighted by Crippen LogP contribution is -2.45. The maximum Gasteiger partial charge on any atom is 0.320 e. The van der Waals surface area contributed by atoms with Crippen LogP contribution >= 0.6 is 11.6 Å². The zero-order chi connectivity index (χ0) is 25.2. The van der Waals surface area contributed by atoms with Crippen LogP contribution in [0.2, 0.25) is 5.02 Å². The van der Waals surface area contributed by atoms with Crippen molar-refractivity contribution in [3.8, 4) is 6.07 Å². The van der Waals surface area contributed by atoms with E-state index in [4.69, 9.17) is 16.9 Å². The minimum Gasteiger partial charge on any atom is -0.324 e. The number of piperidine rings is 1. The molecule has 0 unspecified atom stereocenters. The summed E-state index contributed by atoms with van der Waals surface area (Å²) >= 11 is 6.30. The molecule has 2 aliphatic heterocycles. The maximum atomic E-state index is 13.5. The fraction of sp³-hybridized carbons (Fsp3) is 0.346. The fourth-order valence-corrected chi connectivity index (χ4v) is 4.70. The third-order valence-corrected chi connectivity index (χ3v) is 6.52. The average molecular weight is 499 g/mol. The molecule has 0 atom stereocenters. The summed E-state index contributed by atoms with van der Waals surface area (Å²) in [5.41, 5.74) is 3.99. The Labute approximate surface area is 207 Å². The Bertz CT molecular complexity index is 1230. The standard InChI is InChI=1S/C26H25ClF2N4O2/c1-17-11-22(27)14-21(23(17)31-24(34)20-4-2-3-19(13-20)15-30)12-18-5-8-32(9-6-18)25(35)33-10-7-26(28,29)16-33/h2-4,11-14H,5-10,16H2,1H3,(H,31,34). The summed E-state index contributed by atoms with van der Waals surface area (Å²) in [6.45, 7) is 2.28. The molecule has 3 amide bonds. The summed E-state index contributed by atoms with van der Waals surface area (Å²) in [6, 6.07) is 11.7. The van der Waals surface area contributed by atoms with Crippen molar-refractivity contribution in [1.29, 1.82) is 5.26 Å². The van der Waals surface area contributed by atoms with E-state index in [2.05, 4.69) is 5.32 Å². The van der Waals surface area contributed by atoms with Crippen molar-refractivity contribution < 1.29 is 18.4 Å². The van der Waals surface area contributed by atoms with Gasteiger partial charge in [0.25, 0.3) is 11.8 Å². The van der Waals surface area contributed by atoms with Crippen LogP contribution in [0.1, 0.15) is 46.3 Å². The molecule has 2 aliphatic rings. The van der Waals surface area contributed by atoms with Crippen LogP contribution in [0.4, 0.5) is 19.3 Å². The molecule has 2 aromatic rings. The number of urea groups is 1. The third kappa shape index (κ3) is 5.80. The maximum absolute atomic E-state index is 13.5. The second kappa shape index (κ2) is 10.0. The van der Waals surface area contributed by atoms with Crippen molar-refractivity contribution in [2.45, 2.75) is 32.1 Å². The molecule has 0 radical (unpaired) electrons. The number of carbonyl (C=O) groups excluding carboxylic acids is 2. The molecule has 6 nitrogen and oxygen atoms in total. The first-order valence-corrected chi connectivity index (χ1v) is 11.8. The molecular formula is C26H25ClF2N4O2. The van der Waals surface area contributed by atoms with E-state index in [1.165, 1.54) is 11.0 Å². The van der Waals surface area contributed by atoms with Gasteiger partial charge in [0.2, 0.25) is 0 Å². The van der Waals surface area contributed by atoms with Gasteiger partial charge in [-0.25, -0.2) is 13.6 Å². The molecule has 9 heteroatoms. The number of nitriles is 1. The van der Waals surface area contributed by atoms with Crippen molar-refractivity contribution in [3.05, 3.63) is 69.2 Å². The lowest BCUT2D eigenvalue weighted by Gasteiger charge is -2.32. The lowest BCUT2D eigenvalue weighted by atomic mass is 9.98. The second-order valence-electron chi connectivity index (χ2n) is 8.93. The van der Waals surface area contributed by atoms with E-state index in [0.29, 0.717) is 47.8 Å². The van der Waals surface area contributed by atoms with Gasteiger partial charge in [-0.15, -0.1) is 0 Å². The number of benzene rings is 2. The largest absolute Gasteiger partial charge is 0.324 e. The van der Waals surface area contributed by atoms with Crippen LogP contribution in [0.5, 0.6) is 0 Å². The molecule has 2 aromatic carbocycles. The predicted octanol–water partition coefficient (Wildman–Crippen LogP) is 5.71. The molecule has 0 aliphatic carbocycles. The first-order valence-electron chi connectivity index (χ1n) is 11.4. The zero-order valence-corrected chi connectivity index (χ0v) is 20.0. The highest BCUT2D eigenvalue weighted by Crippen LogP contribution is 2.31. The van der Waals surface area contributed by atoms with E-state index < -0.39 is 12.5 Å². The highest BCUT2D eigenvalue weighted by molar-refractivity contribution is 6.31. The highest BCUT2D eigenvalue weighted by atomic mass is 35.5. The van der Waals surface area contributed by atoms with Gasteiger partial charge in [-0.05, 0) is 61.2 Å². The molecular weight excluding hydrogens is 474 g/mol. The molecule has 1 N–H and O–H groups in total. The monoisotopic (exact) mass is 498 g/mol. The van der Waals surface area contributed by atoms with Crippen LogP contribution in [0.15, 0.2) is 42.0 Å². The van der Waals surface area contributed by atoms with E-state index in [1.54, 1.807) is 35.2 Å². The predicted molar refractivity (Wildman–Crippen MR) is 131 cm³/mol. The van der Waals surface area contributed by atoms with Gasteiger partial charge >= 0.3 is 6.03 Å².